The lowest BCUT2D eigenvalue weighted by atomic mass is 10.1. The van der Waals surface area contributed by atoms with Crippen molar-refractivity contribution < 1.29 is 9.47 Å². The third-order valence-electron chi connectivity index (χ3n) is 4.44. The van der Waals surface area contributed by atoms with Gasteiger partial charge in [0.1, 0.15) is 0 Å². The molecule has 1 heterocycles. The summed E-state index contributed by atoms with van der Waals surface area (Å²) in [6.45, 7) is 4.07. The van der Waals surface area contributed by atoms with E-state index >= 15 is 0 Å². The molecule has 126 valence electrons. The first-order valence-electron chi connectivity index (χ1n) is 9.66. The highest BCUT2D eigenvalue weighted by Gasteiger charge is 2.13. The highest BCUT2D eigenvalue weighted by molar-refractivity contribution is 4.54. The lowest BCUT2D eigenvalue weighted by Crippen LogP contribution is -2.22. The molecule has 2 heteroatoms. The summed E-state index contributed by atoms with van der Waals surface area (Å²) in [6, 6.07) is 0. The van der Waals surface area contributed by atoms with Gasteiger partial charge in [0.2, 0.25) is 0 Å². The molecule has 0 aromatic rings. The average Bonchev–Trinajstić information content (AvgIpc) is 2.53. The van der Waals surface area contributed by atoms with Crippen LogP contribution in [0.1, 0.15) is 103 Å². The summed E-state index contributed by atoms with van der Waals surface area (Å²) in [5, 5.41) is 0. The van der Waals surface area contributed by atoms with E-state index in [1.165, 1.54) is 89.9 Å². The Morgan fingerprint density at radius 2 is 1.33 bits per heavy atom. The lowest BCUT2D eigenvalue weighted by Gasteiger charge is -2.22. The third-order valence-corrected chi connectivity index (χ3v) is 4.44. The van der Waals surface area contributed by atoms with Crippen molar-refractivity contribution in [2.45, 2.75) is 110 Å². The molecule has 0 spiro atoms. The highest BCUT2D eigenvalue weighted by Crippen LogP contribution is 2.15. The van der Waals surface area contributed by atoms with Gasteiger partial charge in [-0.05, 0) is 25.7 Å². The van der Waals surface area contributed by atoms with Gasteiger partial charge in [-0.3, -0.25) is 0 Å². The van der Waals surface area contributed by atoms with E-state index in [9.17, 15) is 0 Å². The van der Waals surface area contributed by atoms with Gasteiger partial charge in [0.15, 0.2) is 6.29 Å². The normalized spacial score (nSPS) is 19.0. The minimum atomic E-state index is 0.103. The Kier molecular flexibility index (Phi) is 13.4. The summed E-state index contributed by atoms with van der Waals surface area (Å²) >= 11 is 0. The van der Waals surface area contributed by atoms with E-state index in [0.29, 0.717) is 0 Å². The number of hydrogen-bond donors (Lipinski definition) is 0. The second kappa shape index (κ2) is 14.8. The summed E-state index contributed by atoms with van der Waals surface area (Å²) in [5.41, 5.74) is 0. The van der Waals surface area contributed by atoms with Gasteiger partial charge in [-0.15, -0.1) is 0 Å². The van der Waals surface area contributed by atoms with E-state index in [1.807, 2.05) is 0 Å². The molecule has 2 nitrogen and oxygen atoms in total. The Labute approximate surface area is 133 Å². The van der Waals surface area contributed by atoms with Crippen LogP contribution >= 0.6 is 0 Å². The molecule has 0 unspecified atom stereocenters. The summed E-state index contributed by atoms with van der Waals surface area (Å²) < 4.78 is 11.3. The van der Waals surface area contributed by atoms with Crippen LogP contribution in [-0.4, -0.2) is 19.5 Å². The maximum atomic E-state index is 5.75. The van der Waals surface area contributed by atoms with Crippen molar-refractivity contribution in [1.29, 1.82) is 0 Å². The topological polar surface area (TPSA) is 18.5 Å². The van der Waals surface area contributed by atoms with Crippen molar-refractivity contribution in [1.82, 2.24) is 0 Å². The number of ether oxygens (including phenoxy) is 2. The Morgan fingerprint density at radius 1 is 0.762 bits per heavy atom. The number of rotatable bonds is 14. The van der Waals surface area contributed by atoms with Crippen molar-refractivity contribution in [2.24, 2.45) is 0 Å². The molecule has 0 aromatic carbocycles. The van der Waals surface area contributed by atoms with Crippen LogP contribution in [-0.2, 0) is 9.47 Å². The molecule has 1 atom stereocenters. The van der Waals surface area contributed by atoms with Crippen LogP contribution in [0.25, 0.3) is 0 Å². The molecule has 1 fully saturated rings. The molecule has 0 bridgehead atoms. The minimum Gasteiger partial charge on any atom is -0.353 e. The second-order valence-corrected chi connectivity index (χ2v) is 6.56. The average molecular weight is 299 g/mol. The van der Waals surface area contributed by atoms with Gasteiger partial charge in [0.05, 0.1) is 0 Å². The predicted molar refractivity (Wildman–Crippen MR) is 90.6 cm³/mol. The van der Waals surface area contributed by atoms with Crippen LogP contribution in [0, 0.1) is 0 Å². The van der Waals surface area contributed by atoms with E-state index in [1.54, 1.807) is 0 Å². The third kappa shape index (κ3) is 12.2. The Morgan fingerprint density at radius 3 is 1.86 bits per heavy atom. The van der Waals surface area contributed by atoms with Crippen LogP contribution in [0.2, 0.25) is 0 Å². The van der Waals surface area contributed by atoms with Crippen LogP contribution in [0.4, 0.5) is 0 Å². The SMILES string of the molecule is CCCCCCCCCCCCCCO[C@H]1CCCCO1. The molecule has 0 saturated carbocycles. The predicted octanol–water partition coefficient (Wildman–Crippen LogP) is 6.23. The van der Waals surface area contributed by atoms with Gasteiger partial charge in [-0.25, -0.2) is 0 Å². The maximum Gasteiger partial charge on any atom is 0.157 e. The van der Waals surface area contributed by atoms with Gasteiger partial charge in [0, 0.05) is 13.2 Å². The van der Waals surface area contributed by atoms with E-state index in [-0.39, 0.29) is 6.29 Å². The van der Waals surface area contributed by atoms with Crippen molar-refractivity contribution in [2.75, 3.05) is 13.2 Å². The van der Waals surface area contributed by atoms with Gasteiger partial charge in [-0.1, -0.05) is 77.6 Å². The van der Waals surface area contributed by atoms with E-state index < -0.39 is 0 Å². The highest BCUT2D eigenvalue weighted by atomic mass is 16.7. The Hall–Kier alpha value is -0.0800. The quantitative estimate of drug-likeness (QED) is 0.354. The number of hydrogen-bond acceptors (Lipinski definition) is 2. The van der Waals surface area contributed by atoms with Crippen LogP contribution in [0.15, 0.2) is 0 Å². The molecular weight excluding hydrogens is 260 g/mol. The Balaban J connectivity index is 1.69. The van der Waals surface area contributed by atoms with Crippen LogP contribution in [0.3, 0.4) is 0 Å². The molecule has 21 heavy (non-hydrogen) atoms. The van der Waals surface area contributed by atoms with Crippen LogP contribution in [0.5, 0.6) is 0 Å². The van der Waals surface area contributed by atoms with Gasteiger partial charge >= 0.3 is 0 Å². The largest absolute Gasteiger partial charge is 0.353 e. The zero-order valence-electron chi connectivity index (χ0n) is 14.4. The van der Waals surface area contributed by atoms with Crippen molar-refractivity contribution in [3.8, 4) is 0 Å². The lowest BCUT2D eigenvalue weighted by molar-refractivity contribution is -0.162. The van der Waals surface area contributed by atoms with Crippen molar-refractivity contribution >= 4 is 0 Å². The minimum absolute atomic E-state index is 0.103. The second-order valence-electron chi connectivity index (χ2n) is 6.56. The fourth-order valence-corrected chi connectivity index (χ4v) is 3.00. The molecular formula is C19H38O2. The first-order valence-corrected chi connectivity index (χ1v) is 9.66. The molecule has 0 aromatic heterocycles. The van der Waals surface area contributed by atoms with E-state index in [0.717, 1.165) is 19.6 Å². The molecule has 0 aliphatic carbocycles. The number of unbranched alkanes of at least 4 members (excludes halogenated alkanes) is 11. The molecule has 0 radical (unpaired) electrons. The van der Waals surface area contributed by atoms with E-state index in [4.69, 9.17) is 9.47 Å². The van der Waals surface area contributed by atoms with Gasteiger partial charge in [-0.2, -0.15) is 0 Å². The van der Waals surface area contributed by atoms with E-state index in [2.05, 4.69) is 6.92 Å². The van der Waals surface area contributed by atoms with Gasteiger partial charge < -0.3 is 9.47 Å². The smallest absolute Gasteiger partial charge is 0.157 e. The molecule has 1 aliphatic heterocycles. The summed E-state index contributed by atoms with van der Waals surface area (Å²) in [4.78, 5) is 0. The van der Waals surface area contributed by atoms with Crippen LogP contribution < -0.4 is 0 Å². The van der Waals surface area contributed by atoms with Crippen molar-refractivity contribution in [3.63, 3.8) is 0 Å². The Bertz CT molecular complexity index is 200. The van der Waals surface area contributed by atoms with Gasteiger partial charge in [0.25, 0.3) is 0 Å². The molecule has 0 amide bonds. The van der Waals surface area contributed by atoms with Crippen molar-refractivity contribution in [3.05, 3.63) is 0 Å². The molecule has 1 rings (SSSR count). The maximum absolute atomic E-state index is 5.75. The standard InChI is InChI=1S/C19H38O2/c1-2-3-4-5-6-7-8-9-10-11-12-14-17-20-19-16-13-15-18-21-19/h19H,2-18H2,1H3/t19-/m1/s1. The first-order chi connectivity index (χ1) is 10.4. The summed E-state index contributed by atoms with van der Waals surface area (Å²) in [6.07, 6.45) is 20.5. The summed E-state index contributed by atoms with van der Waals surface area (Å²) in [5.74, 6) is 0. The molecule has 1 saturated heterocycles. The monoisotopic (exact) mass is 298 g/mol. The molecule has 1 aliphatic rings. The molecule has 0 N–H and O–H groups in total. The summed E-state index contributed by atoms with van der Waals surface area (Å²) in [7, 11) is 0. The zero-order chi connectivity index (χ0) is 15.0. The zero-order valence-corrected chi connectivity index (χ0v) is 14.4. The fraction of sp³-hybridized carbons (Fsp3) is 1.00. The first kappa shape index (κ1) is 19.0. The fourth-order valence-electron chi connectivity index (χ4n) is 3.00.